The fourth-order valence-electron chi connectivity index (χ4n) is 3.08. The Kier molecular flexibility index (Phi) is 4.95. The van der Waals surface area contributed by atoms with E-state index in [0.29, 0.717) is 11.4 Å². The Hall–Kier alpha value is -3.00. The van der Waals surface area contributed by atoms with Gasteiger partial charge in [-0.2, -0.15) is 5.10 Å². The number of fused-ring (bicyclic) bond motifs is 1. The highest BCUT2D eigenvalue weighted by Gasteiger charge is 2.22. The number of thioether (sulfide) groups is 1. The van der Waals surface area contributed by atoms with Crippen molar-refractivity contribution < 1.29 is 13.6 Å². The summed E-state index contributed by atoms with van der Waals surface area (Å²) in [6.07, 6.45) is 1.20. The number of halogens is 2. The maximum absolute atomic E-state index is 13.2. The van der Waals surface area contributed by atoms with Crippen LogP contribution in [0.2, 0.25) is 0 Å². The van der Waals surface area contributed by atoms with Gasteiger partial charge in [0, 0.05) is 24.2 Å². The maximum atomic E-state index is 13.2. The largest absolute Gasteiger partial charge is 0.300 e. The third-order valence-corrected chi connectivity index (χ3v) is 5.19. The Labute approximate surface area is 164 Å². The van der Waals surface area contributed by atoms with Crippen LogP contribution < -0.4 is 5.32 Å². The number of aromatic nitrogens is 2. The summed E-state index contributed by atoms with van der Waals surface area (Å²) < 4.78 is 28.0. The number of rotatable bonds is 4. The van der Waals surface area contributed by atoms with Gasteiger partial charge in [-0.1, -0.05) is 30.3 Å². The van der Waals surface area contributed by atoms with Crippen LogP contribution in [0.3, 0.4) is 0 Å². The zero-order valence-electron chi connectivity index (χ0n) is 14.9. The van der Waals surface area contributed by atoms with Crippen molar-refractivity contribution in [3.63, 3.8) is 0 Å². The molecular formula is C20H16F2N4OS. The number of nitrogens with zero attached hydrogens (tertiary/aromatic N) is 3. The van der Waals surface area contributed by atoms with Crippen LogP contribution in [0.5, 0.6) is 0 Å². The van der Waals surface area contributed by atoms with E-state index in [-0.39, 0.29) is 17.3 Å². The van der Waals surface area contributed by atoms with E-state index in [1.807, 2.05) is 30.5 Å². The van der Waals surface area contributed by atoms with Crippen LogP contribution in [0, 0.1) is 0 Å². The van der Waals surface area contributed by atoms with Gasteiger partial charge in [0.05, 0.1) is 17.0 Å². The van der Waals surface area contributed by atoms with E-state index in [4.69, 9.17) is 0 Å². The number of hydrogen-bond acceptors (Lipinski definition) is 4. The zero-order valence-corrected chi connectivity index (χ0v) is 15.7. The minimum absolute atomic E-state index is 0.0225. The molecule has 1 N–H and O–H groups in total. The van der Waals surface area contributed by atoms with E-state index in [0.717, 1.165) is 33.1 Å². The summed E-state index contributed by atoms with van der Waals surface area (Å²) in [4.78, 5) is 16.4. The monoisotopic (exact) mass is 398 g/mol. The molecule has 0 spiro atoms. The smallest absolute Gasteiger partial charge is 0.289 e. The molecule has 1 aliphatic heterocycles. The molecule has 4 rings (SSSR count). The van der Waals surface area contributed by atoms with Crippen molar-refractivity contribution in [2.75, 3.05) is 7.05 Å². The second kappa shape index (κ2) is 7.55. The Morgan fingerprint density at radius 3 is 2.89 bits per heavy atom. The lowest BCUT2D eigenvalue weighted by atomic mass is 10.1. The topological polar surface area (TPSA) is 59.3 Å². The number of aliphatic imine (C=N–C) groups is 1. The lowest BCUT2D eigenvalue weighted by Gasteiger charge is -2.08. The predicted octanol–water partition coefficient (Wildman–Crippen LogP) is 4.85. The summed E-state index contributed by atoms with van der Waals surface area (Å²) in [7, 11) is 1.62. The molecular weight excluding hydrogens is 382 g/mol. The van der Waals surface area contributed by atoms with Crippen molar-refractivity contribution >= 4 is 39.8 Å². The Balaban J connectivity index is 1.64. The molecule has 1 aliphatic rings. The van der Waals surface area contributed by atoms with Crippen LogP contribution >= 0.6 is 11.8 Å². The molecule has 1 fully saturated rings. The van der Waals surface area contributed by atoms with Crippen LogP contribution in [0.15, 0.2) is 58.6 Å². The highest BCUT2D eigenvalue weighted by Crippen LogP contribution is 2.28. The lowest BCUT2D eigenvalue weighted by Crippen LogP contribution is -2.18. The number of benzene rings is 2. The molecule has 0 bridgehead atoms. The first-order chi connectivity index (χ1) is 13.5. The number of carbonyl (C=O) groups is 1. The van der Waals surface area contributed by atoms with Crippen molar-refractivity contribution in [2.24, 2.45) is 4.99 Å². The predicted molar refractivity (Wildman–Crippen MR) is 108 cm³/mol. The molecule has 28 heavy (non-hydrogen) atoms. The summed E-state index contributed by atoms with van der Waals surface area (Å²) in [5.74, 6) is 0.550. The Morgan fingerprint density at radius 1 is 1.29 bits per heavy atom. The molecule has 5 nitrogen and oxygen atoms in total. The van der Waals surface area contributed by atoms with Gasteiger partial charge in [-0.3, -0.25) is 14.5 Å². The zero-order chi connectivity index (χ0) is 19.7. The second-order valence-corrected chi connectivity index (χ2v) is 7.25. The van der Waals surface area contributed by atoms with Crippen LogP contribution in [0.25, 0.3) is 17.0 Å². The van der Waals surface area contributed by atoms with E-state index < -0.39 is 6.43 Å². The standard InChI is InChI=1S/C20H16F2N4OS/c1-23-19-17(28-20(27)24-19)9-12-6-7-16-14(8-12)11-26(25-16)10-13-4-2-3-5-15(13)18(21)22/h2-9,11,18H,10H2,1H3,(H,23,24,27)/b17-9-. The Morgan fingerprint density at radius 2 is 2.11 bits per heavy atom. The van der Waals surface area contributed by atoms with Gasteiger partial charge in [0.25, 0.3) is 11.7 Å². The number of alkyl halides is 2. The summed E-state index contributed by atoms with van der Waals surface area (Å²) in [6, 6.07) is 12.2. The number of nitrogens with one attached hydrogen (secondary N) is 1. The van der Waals surface area contributed by atoms with Crippen LogP contribution in [0.1, 0.15) is 23.1 Å². The minimum Gasteiger partial charge on any atom is -0.300 e. The van der Waals surface area contributed by atoms with Crippen molar-refractivity contribution in [3.8, 4) is 0 Å². The van der Waals surface area contributed by atoms with Crippen LogP contribution in [0.4, 0.5) is 13.6 Å². The van der Waals surface area contributed by atoms with E-state index in [1.54, 1.807) is 29.9 Å². The lowest BCUT2D eigenvalue weighted by molar-refractivity contribution is 0.150. The molecule has 1 amide bonds. The van der Waals surface area contributed by atoms with E-state index in [1.165, 1.54) is 6.07 Å². The Bertz CT molecular complexity index is 1120. The average Bonchev–Trinajstić information content (AvgIpc) is 3.23. The van der Waals surface area contributed by atoms with Gasteiger partial charge in [0.1, 0.15) is 5.84 Å². The van der Waals surface area contributed by atoms with Crippen LogP contribution in [-0.2, 0) is 6.54 Å². The fourth-order valence-corrected chi connectivity index (χ4v) is 3.86. The first kappa shape index (κ1) is 18.4. The summed E-state index contributed by atoms with van der Waals surface area (Å²) in [5.41, 5.74) is 2.24. The number of amidine groups is 1. The van der Waals surface area contributed by atoms with Gasteiger partial charge in [0.15, 0.2) is 0 Å². The van der Waals surface area contributed by atoms with Crippen molar-refractivity contribution in [3.05, 3.63) is 70.3 Å². The molecule has 2 heterocycles. The second-order valence-electron chi connectivity index (χ2n) is 6.24. The van der Waals surface area contributed by atoms with Gasteiger partial charge >= 0.3 is 0 Å². The first-order valence-corrected chi connectivity index (χ1v) is 9.36. The van der Waals surface area contributed by atoms with Crippen molar-refractivity contribution in [1.82, 2.24) is 15.1 Å². The molecule has 0 unspecified atom stereocenters. The van der Waals surface area contributed by atoms with E-state index in [2.05, 4.69) is 15.4 Å². The van der Waals surface area contributed by atoms with E-state index in [9.17, 15) is 13.6 Å². The molecule has 2 aromatic carbocycles. The normalized spacial score (nSPS) is 17.2. The van der Waals surface area contributed by atoms with Gasteiger partial charge in [-0.05, 0) is 41.1 Å². The number of amides is 1. The highest BCUT2D eigenvalue weighted by atomic mass is 32.2. The van der Waals surface area contributed by atoms with Crippen molar-refractivity contribution in [2.45, 2.75) is 13.0 Å². The van der Waals surface area contributed by atoms with Gasteiger partial charge in [-0.25, -0.2) is 8.78 Å². The quantitative estimate of drug-likeness (QED) is 0.684. The molecule has 1 saturated heterocycles. The average molecular weight is 398 g/mol. The molecule has 0 aliphatic carbocycles. The van der Waals surface area contributed by atoms with Crippen molar-refractivity contribution in [1.29, 1.82) is 0 Å². The number of hydrogen-bond donors (Lipinski definition) is 1. The molecule has 0 radical (unpaired) electrons. The fraction of sp³-hybridized carbons (Fsp3) is 0.150. The third-order valence-electron chi connectivity index (χ3n) is 4.38. The minimum atomic E-state index is -2.52. The molecule has 0 saturated carbocycles. The molecule has 0 atom stereocenters. The maximum Gasteiger partial charge on any atom is 0.289 e. The third kappa shape index (κ3) is 3.68. The van der Waals surface area contributed by atoms with Crippen LogP contribution in [-0.4, -0.2) is 27.9 Å². The number of carbonyl (C=O) groups excluding carboxylic acids is 1. The highest BCUT2D eigenvalue weighted by molar-refractivity contribution is 8.18. The first-order valence-electron chi connectivity index (χ1n) is 8.54. The van der Waals surface area contributed by atoms with Gasteiger partial charge < -0.3 is 5.32 Å². The molecule has 1 aromatic heterocycles. The SMILES string of the molecule is CN=C1NC(=O)S/C1=C\c1ccc2nn(Cc3ccccc3C(F)F)cc2c1. The summed E-state index contributed by atoms with van der Waals surface area (Å²) in [6.45, 7) is 0.270. The molecule has 142 valence electrons. The molecule has 8 heteroatoms. The van der Waals surface area contributed by atoms with Gasteiger partial charge in [-0.15, -0.1) is 0 Å². The van der Waals surface area contributed by atoms with Gasteiger partial charge in [0.2, 0.25) is 0 Å². The summed E-state index contributed by atoms with van der Waals surface area (Å²) >= 11 is 1.10. The van der Waals surface area contributed by atoms with E-state index >= 15 is 0 Å². The molecule has 3 aromatic rings. The summed E-state index contributed by atoms with van der Waals surface area (Å²) in [5, 5.41) is 7.90.